The molecule has 7 nitrogen and oxygen atoms in total. The Morgan fingerprint density at radius 3 is 2.55 bits per heavy atom. The molecule has 1 amide bonds. The number of hydrogen-bond acceptors (Lipinski definition) is 4. The first-order valence-corrected chi connectivity index (χ1v) is 11.4. The van der Waals surface area contributed by atoms with Crippen LogP contribution >= 0.6 is 0 Å². The Bertz CT molecular complexity index is 1730. The Hall–Kier alpha value is -3.39. The number of ether oxygens (including phenoxy) is 1. The summed E-state index contributed by atoms with van der Waals surface area (Å²) in [4.78, 5) is 13.2. The Kier molecular flexibility index (Phi) is 2.95. The van der Waals surface area contributed by atoms with Gasteiger partial charge in [-0.25, -0.2) is 0 Å². The zero-order valence-corrected chi connectivity index (χ0v) is 18.1. The highest BCUT2D eigenvalue weighted by Crippen LogP contribution is 2.57. The van der Waals surface area contributed by atoms with Gasteiger partial charge in [-0.15, -0.1) is 0 Å². The molecule has 2 aromatic heterocycles. The van der Waals surface area contributed by atoms with Gasteiger partial charge in [-0.1, -0.05) is 36.4 Å². The molecule has 0 saturated carbocycles. The maximum absolute atomic E-state index is 13.2. The molecule has 1 saturated heterocycles. The quantitative estimate of drug-likeness (QED) is 0.374. The van der Waals surface area contributed by atoms with Crippen LogP contribution in [-0.4, -0.2) is 32.3 Å². The van der Waals surface area contributed by atoms with E-state index in [4.69, 9.17) is 10.5 Å². The topological polar surface area (TPSA) is 94.4 Å². The Morgan fingerprint density at radius 2 is 1.79 bits per heavy atom. The molecule has 0 radical (unpaired) electrons. The molecule has 5 heterocycles. The van der Waals surface area contributed by atoms with Crippen molar-refractivity contribution in [3.8, 4) is 0 Å². The molecule has 3 aliphatic heterocycles. The number of fused-ring (bicyclic) bond motifs is 13. The van der Waals surface area contributed by atoms with Crippen LogP contribution in [0.2, 0.25) is 0 Å². The molecule has 3 atom stereocenters. The van der Waals surface area contributed by atoms with Gasteiger partial charge in [-0.2, -0.15) is 0 Å². The summed E-state index contributed by atoms with van der Waals surface area (Å²) in [6, 6.07) is 16.3. The number of rotatable bonds is 1. The number of nitrogens with two attached hydrogens (primary N) is 1. The van der Waals surface area contributed by atoms with E-state index in [-0.39, 0.29) is 12.5 Å². The number of amides is 1. The third-order valence-corrected chi connectivity index (χ3v) is 8.31. The average molecular weight is 438 g/mol. The summed E-state index contributed by atoms with van der Waals surface area (Å²) in [6.07, 6.45) is -0.0415. The summed E-state index contributed by atoms with van der Waals surface area (Å²) >= 11 is 0. The number of benzene rings is 3. The molecule has 1 fully saturated rings. The van der Waals surface area contributed by atoms with Crippen LogP contribution in [0.5, 0.6) is 0 Å². The lowest BCUT2D eigenvalue weighted by molar-refractivity contribution is -0.173. The third-order valence-electron chi connectivity index (χ3n) is 8.31. The van der Waals surface area contributed by atoms with Crippen molar-refractivity contribution < 1.29 is 14.6 Å². The van der Waals surface area contributed by atoms with Gasteiger partial charge in [-0.3, -0.25) is 4.79 Å². The van der Waals surface area contributed by atoms with Gasteiger partial charge >= 0.3 is 0 Å². The lowest BCUT2D eigenvalue weighted by Crippen LogP contribution is -2.55. The van der Waals surface area contributed by atoms with E-state index in [0.29, 0.717) is 13.0 Å². The number of nitrogens with one attached hydrogen (secondary N) is 1. The van der Waals surface area contributed by atoms with Gasteiger partial charge in [-0.05, 0) is 24.6 Å². The van der Waals surface area contributed by atoms with Crippen molar-refractivity contribution >= 4 is 49.5 Å². The summed E-state index contributed by atoms with van der Waals surface area (Å²) in [5, 5.41) is 19.0. The van der Waals surface area contributed by atoms with Gasteiger partial charge in [0, 0.05) is 41.1 Å². The van der Waals surface area contributed by atoms with Crippen molar-refractivity contribution in [2.75, 3.05) is 6.54 Å². The van der Waals surface area contributed by atoms with Gasteiger partial charge in [0.2, 0.25) is 0 Å². The highest BCUT2D eigenvalue weighted by molar-refractivity contribution is 6.31. The second-order valence-electron chi connectivity index (χ2n) is 9.72. The zero-order valence-electron chi connectivity index (χ0n) is 18.1. The first kappa shape index (κ1) is 18.1. The van der Waals surface area contributed by atoms with E-state index < -0.39 is 17.6 Å². The summed E-state index contributed by atoms with van der Waals surface area (Å²) in [5.41, 5.74) is 9.61. The smallest absolute Gasteiger partial charge is 0.252 e. The summed E-state index contributed by atoms with van der Waals surface area (Å²) in [7, 11) is 0. The number of aliphatic hydroxyl groups is 1. The van der Waals surface area contributed by atoms with E-state index >= 15 is 0 Å². The van der Waals surface area contributed by atoms with Gasteiger partial charge in [0.1, 0.15) is 11.8 Å². The molecule has 7 heteroatoms. The van der Waals surface area contributed by atoms with Crippen LogP contribution in [0.15, 0.2) is 48.5 Å². The number of para-hydroxylation sites is 2. The standard InChI is InChI=1S/C26H22N4O3/c1-25-26(32,12-27)10-18(33-25)29-16-8-4-2-6-13(16)20-21-15(11-28-24(21)31)19-14-7-3-5-9-17(14)30(25)23(19)22(20)29/h2-9,18,32H,10-12,27H2,1H3,(H,28,31). The summed E-state index contributed by atoms with van der Waals surface area (Å²) < 4.78 is 11.1. The number of nitrogens with zero attached hydrogens (tertiary/aromatic N) is 2. The highest BCUT2D eigenvalue weighted by atomic mass is 16.6. The van der Waals surface area contributed by atoms with Crippen molar-refractivity contribution in [3.05, 3.63) is 59.7 Å². The molecule has 5 aromatic rings. The SMILES string of the molecule is CC12OC(CC1(O)CN)n1c3ccccc3c3c4c(c5c6ccccc6n2c5c31)CNC4=O. The molecule has 4 N–H and O–H groups in total. The molecule has 3 unspecified atom stereocenters. The molecule has 164 valence electrons. The van der Waals surface area contributed by atoms with E-state index in [0.717, 1.165) is 54.7 Å². The van der Waals surface area contributed by atoms with Crippen LogP contribution in [0, 0.1) is 0 Å². The van der Waals surface area contributed by atoms with E-state index in [1.807, 2.05) is 31.2 Å². The predicted octanol–water partition coefficient (Wildman–Crippen LogP) is 3.44. The molecule has 8 rings (SSSR count). The normalized spacial score (nSPS) is 27.8. The fourth-order valence-corrected chi connectivity index (χ4v) is 6.79. The number of hydrogen-bond donors (Lipinski definition) is 3. The molecular formula is C26H22N4O3. The van der Waals surface area contributed by atoms with Gasteiger partial charge in [0.05, 0.1) is 27.6 Å². The van der Waals surface area contributed by atoms with Gasteiger partial charge < -0.3 is 30.0 Å². The van der Waals surface area contributed by atoms with E-state index in [9.17, 15) is 9.90 Å². The number of aromatic nitrogens is 2. The van der Waals surface area contributed by atoms with E-state index in [1.165, 1.54) is 0 Å². The molecule has 3 aliphatic rings. The van der Waals surface area contributed by atoms with Gasteiger partial charge in [0.25, 0.3) is 5.91 Å². The molecule has 2 bridgehead atoms. The van der Waals surface area contributed by atoms with E-state index in [1.54, 1.807) is 0 Å². The fourth-order valence-electron chi connectivity index (χ4n) is 6.79. The molecule has 33 heavy (non-hydrogen) atoms. The second kappa shape index (κ2) is 5.39. The molecular weight excluding hydrogens is 416 g/mol. The van der Waals surface area contributed by atoms with Crippen molar-refractivity contribution in [2.45, 2.75) is 37.4 Å². The zero-order chi connectivity index (χ0) is 22.3. The van der Waals surface area contributed by atoms with Crippen molar-refractivity contribution in [2.24, 2.45) is 5.73 Å². The monoisotopic (exact) mass is 438 g/mol. The maximum atomic E-state index is 13.2. The first-order valence-electron chi connectivity index (χ1n) is 11.4. The second-order valence-corrected chi connectivity index (χ2v) is 9.72. The maximum Gasteiger partial charge on any atom is 0.252 e. The van der Waals surface area contributed by atoms with Crippen molar-refractivity contribution in [1.82, 2.24) is 14.5 Å². The van der Waals surface area contributed by atoms with Crippen molar-refractivity contribution in [3.63, 3.8) is 0 Å². The third kappa shape index (κ3) is 1.75. The molecule has 0 spiro atoms. The van der Waals surface area contributed by atoms with Crippen LogP contribution in [0.4, 0.5) is 0 Å². The largest absolute Gasteiger partial charge is 0.383 e. The summed E-state index contributed by atoms with van der Waals surface area (Å²) in [5.74, 6) is -0.0355. The lowest BCUT2D eigenvalue weighted by atomic mass is 9.89. The number of carbonyl (C=O) groups excluding carboxylic acids is 1. The van der Waals surface area contributed by atoms with Crippen LogP contribution in [-0.2, 0) is 17.0 Å². The van der Waals surface area contributed by atoms with Crippen LogP contribution < -0.4 is 11.1 Å². The van der Waals surface area contributed by atoms with E-state index in [2.05, 4.69) is 38.7 Å². The Balaban J connectivity index is 1.78. The first-order chi connectivity index (χ1) is 16.0. The molecule has 3 aromatic carbocycles. The molecule has 0 aliphatic carbocycles. The minimum Gasteiger partial charge on any atom is -0.383 e. The van der Waals surface area contributed by atoms with Crippen LogP contribution in [0.25, 0.3) is 43.6 Å². The van der Waals surface area contributed by atoms with Gasteiger partial charge in [0.15, 0.2) is 5.72 Å². The van der Waals surface area contributed by atoms with Crippen LogP contribution in [0.3, 0.4) is 0 Å². The Morgan fingerprint density at radius 1 is 1.09 bits per heavy atom. The average Bonchev–Trinajstić information content (AvgIpc) is 3.51. The predicted molar refractivity (Wildman–Crippen MR) is 126 cm³/mol. The minimum atomic E-state index is -1.26. The Labute approximate surface area is 188 Å². The fraction of sp³-hybridized carbons (Fsp3) is 0.269. The highest BCUT2D eigenvalue weighted by Gasteiger charge is 2.60. The van der Waals surface area contributed by atoms with Crippen LogP contribution in [0.1, 0.15) is 35.5 Å². The lowest BCUT2D eigenvalue weighted by Gasteiger charge is -2.39. The summed E-state index contributed by atoms with van der Waals surface area (Å²) in [6.45, 7) is 2.51. The number of carbonyl (C=O) groups is 1. The van der Waals surface area contributed by atoms with Crippen molar-refractivity contribution in [1.29, 1.82) is 0 Å². The minimum absolute atomic E-state index is 0.0355.